The molecule has 1 atom stereocenters. The van der Waals surface area contributed by atoms with Gasteiger partial charge in [0.2, 0.25) is 11.8 Å². The number of aryl methyl sites for hydroxylation is 1. The molecule has 0 saturated carbocycles. The Hall–Kier alpha value is -4.20. The number of benzene rings is 2. The number of hydrogen-bond acceptors (Lipinski definition) is 5. The first-order valence-electron chi connectivity index (χ1n) is 13.8. The second-order valence-electron chi connectivity index (χ2n) is 11.4. The Bertz CT molecular complexity index is 1570. The van der Waals surface area contributed by atoms with Crippen LogP contribution in [-0.4, -0.2) is 27.8 Å². The van der Waals surface area contributed by atoms with Gasteiger partial charge in [0.25, 0.3) is 5.92 Å². The Labute approximate surface area is 237 Å². The zero-order chi connectivity index (χ0) is 28.8. The van der Waals surface area contributed by atoms with E-state index in [0.29, 0.717) is 23.2 Å². The van der Waals surface area contributed by atoms with E-state index < -0.39 is 17.9 Å². The summed E-state index contributed by atoms with van der Waals surface area (Å²) in [6, 6.07) is 16.0. The molecule has 2 aromatic carbocycles. The van der Waals surface area contributed by atoms with Gasteiger partial charge in [0.15, 0.2) is 0 Å². The molecule has 0 fully saturated rings. The maximum Gasteiger partial charge on any atom is 0.265 e. The molecule has 41 heavy (non-hydrogen) atoms. The number of ether oxygens (including phenoxy) is 1. The number of hydrogen-bond donors (Lipinski definition) is 0. The molecule has 0 bridgehead atoms. The third kappa shape index (κ3) is 5.43. The van der Waals surface area contributed by atoms with Crippen molar-refractivity contribution >= 4 is 12.0 Å². The van der Waals surface area contributed by atoms with Crippen molar-refractivity contribution in [2.45, 2.75) is 70.6 Å². The van der Waals surface area contributed by atoms with Crippen LogP contribution in [0.15, 0.2) is 75.8 Å². The highest BCUT2D eigenvalue weighted by Crippen LogP contribution is 2.40. The van der Waals surface area contributed by atoms with Gasteiger partial charge in [0, 0.05) is 19.5 Å². The molecule has 4 aromatic rings. The maximum atomic E-state index is 14.6. The van der Waals surface area contributed by atoms with Crippen molar-refractivity contribution in [1.29, 1.82) is 0 Å². The van der Waals surface area contributed by atoms with Crippen LogP contribution in [0.2, 0.25) is 0 Å². The molecule has 0 radical (unpaired) electrons. The second kappa shape index (κ2) is 10.3. The van der Waals surface area contributed by atoms with Gasteiger partial charge in [-0.05, 0) is 78.8 Å². The molecule has 2 aromatic heterocycles. The molecular formula is C33H32F2N2O4. The number of carbonyl (C=O) groups is 1. The lowest BCUT2D eigenvalue weighted by Crippen LogP contribution is -2.52. The minimum Gasteiger partial charge on any atom is -0.487 e. The first kappa shape index (κ1) is 27.0. The van der Waals surface area contributed by atoms with Crippen LogP contribution >= 0.6 is 0 Å². The standard InChI is InChI=1S/C33H32F2N2O4/c1-21-28(36-31(41-21)32(2)17-23-7-4-5-8-24(23)18-32)20-40-27-11-10-22-16-29(33(3,34)35)37(19-25(22)15-27)30(38)13-12-26-9-6-14-39-26/h4-15,29H,16-20H2,1-3H3/b13-12-/t29-/m0/s1. The van der Waals surface area contributed by atoms with Gasteiger partial charge in [-0.1, -0.05) is 37.3 Å². The highest BCUT2D eigenvalue weighted by Gasteiger charge is 2.43. The summed E-state index contributed by atoms with van der Waals surface area (Å²) in [5, 5.41) is 0. The van der Waals surface area contributed by atoms with Crippen LogP contribution < -0.4 is 4.74 Å². The van der Waals surface area contributed by atoms with Gasteiger partial charge in [0.1, 0.15) is 29.6 Å². The van der Waals surface area contributed by atoms with E-state index in [-0.39, 0.29) is 25.0 Å². The van der Waals surface area contributed by atoms with Gasteiger partial charge in [0.05, 0.1) is 17.7 Å². The Morgan fingerprint density at radius 3 is 2.56 bits per heavy atom. The van der Waals surface area contributed by atoms with Crippen LogP contribution in [-0.2, 0) is 42.6 Å². The number of nitrogens with zero attached hydrogens (tertiary/aromatic N) is 2. The van der Waals surface area contributed by atoms with Crippen molar-refractivity contribution in [2.75, 3.05) is 0 Å². The molecule has 6 nitrogen and oxygen atoms in total. The van der Waals surface area contributed by atoms with Gasteiger partial charge in [-0.3, -0.25) is 4.79 Å². The van der Waals surface area contributed by atoms with Crippen molar-refractivity contribution in [3.63, 3.8) is 0 Å². The van der Waals surface area contributed by atoms with Gasteiger partial charge in [-0.15, -0.1) is 0 Å². The third-order valence-corrected chi connectivity index (χ3v) is 8.17. The first-order valence-corrected chi connectivity index (χ1v) is 13.8. The molecule has 1 aliphatic carbocycles. The SMILES string of the molecule is Cc1oc(C2(C)Cc3ccccc3C2)nc1COc1ccc2c(c1)CN(C(=O)/C=C\c1ccco1)[C@H](C(C)(F)F)C2. The summed E-state index contributed by atoms with van der Waals surface area (Å²) < 4.78 is 46.6. The van der Waals surface area contributed by atoms with Crippen LogP contribution in [0.5, 0.6) is 5.75 Å². The number of alkyl halides is 2. The minimum absolute atomic E-state index is 0.0478. The molecule has 3 heterocycles. The number of halogens is 2. The van der Waals surface area contributed by atoms with Gasteiger partial charge in [-0.25, -0.2) is 13.8 Å². The average Bonchev–Trinajstić information content (AvgIpc) is 3.68. The monoisotopic (exact) mass is 558 g/mol. The Morgan fingerprint density at radius 2 is 1.88 bits per heavy atom. The zero-order valence-electron chi connectivity index (χ0n) is 23.3. The number of aromatic nitrogens is 1. The number of rotatable bonds is 7. The van der Waals surface area contributed by atoms with Crippen molar-refractivity contribution < 1.29 is 27.1 Å². The predicted octanol–water partition coefficient (Wildman–Crippen LogP) is 6.83. The highest BCUT2D eigenvalue weighted by molar-refractivity contribution is 5.92. The lowest BCUT2D eigenvalue weighted by Gasteiger charge is -2.39. The van der Waals surface area contributed by atoms with Crippen molar-refractivity contribution in [3.8, 4) is 5.75 Å². The molecule has 0 unspecified atom stereocenters. The Morgan fingerprint density at radius 1 is 1.12 bits per heavy atom. The fraction of sp³-hybridized carbons (Fsp3) is 0.333. The summed E-state index contributed by atoms with van der Waals surface area (Å²) >= 11 is 0. The summed E-state index contributed by atoms with van der Waals surface area (Å²) in [5.74, 6) is -1.10. The molecule has 1 aliphatic heterocycles. The predicted molar refractivity (Wildman–Crippen MR) is 150 cm³/mol. The van der Waals surface area contributed by atoms with E-state index in [4.69, 9.17) is 18.6 Å². The summed E-state index contributed by atoms with van der Waals surface area (Å²) in [4.78, 5) is 19.1. The molecule has 6 rings (SSSR count). The maximum absolute atomic E-state index is 14.6. The number of oxazole rings is 1. The third-order valence-electron chi connectivity index (χ3n) is 8.17. The molecule has 8 heteroatoms. The van der Waals surface area contributed by atoms with Gasteiger partial charge in [-0.2, -0.15) is 0 Å². The summed E-state index contributed by atoms with van der Waals surface area (Å²) in [5.41, 5.74) is 4.71. The smallest absolute Gasteiger partial charge is 0.265 e. The molecule has 0 N–H and O–H groups in total. The van der Waals surface area contributed by atoms with E-state index in [2.05, 4.69) is 31.2 Å². The molecule has 0 spiro atoms. The Balaban J connectivity index is 1.17. The molecule has 0 saturated heterocycles. The highest BCUT2D eigenvalue weighted by atomic mass is 19.3. The molecule has 212 valence electrons. The van der Waals surface area contributed by atoms with E-state index in [1.165, 1.54) is 34.4 Å². The summed E-state index contributed by atoms with van der Waals surface area (Å²) in [6.07, 6.45) is 6.04. The van der Waals surface area contributed by atoms with Crippen LogP contribution in [0, 0.1) is 6.92 Å². The van der Waals surface area contributed by atoms with Gasteiger partial charge >= 0.3 is 0 Å². The van der Waals surface area contributed by atoms with Crippen molar-refractivity contribution in [3.05, 3.63) is 112 Å². The van der Waals surface area contributed by atoms with E-state index >= 15 is 0 Å². The van der Waals surface area contributed by atoms with Crippen LogP contribution in [0.25, 0.3) is 6.08 Å². The fourth-order valence-electron chi connectivity index (χ4n) is 5.90. The molecular weight excluding hydrogens is 526 g/mol. The average molecular weight is 559 g/mol. The van der Waals surface area contributed by atoms with Crippen molar-refractivity contribution in [2.24, 2.45) is 0 Å². The topological polar surface area (TPSA) is 68.7 Å². The molecule has 1 amide bonds. The summed E-state index contributed by atoms with van der Waals surface area (Å²) in [6.45, 7) is 5.18. The van der Waals surface area contributed by atoms with E-state index in [9.17, 15) is 13.6 Å². The normalized spacial score (nSPS) is 18.0. The number of fused-ring (bicyclic) bond motifs is 2. The van der Waals surface area contributed by atoms with Crippen LogP contribution in [0.4, 0.5) is 8.78 Å². The molecule has 2 aliphatic rings. The zero-order valence-corrected chi connectivity index (χ0v) is 23.3. The van der Waals surface area contributed by atoms with Crippen LogP contribution in [0.3, 0.4) is 0 Å². The fourth-order valence-corrected chi connectivity index (χ4v) is 5.90. The largest absolute Gasteiger partial charge is 0.487 e. The number of carbonyl (C=O) groups excluding carboxylic acids is 1. The minimum atomic E-state index is -3.07. The Kier molecular flexibility index (Phi) is 6.80. The summed E-state index contributed by atoms with van der Waals surface area (Å²) in [7, 11) is 0. The second-order valence-corrected chi connectivity index (χ2v) is 11.4. The quantitative estimate of drug-likeness (QED) is 0.233. The lowest BCUT2D eigenvalue weighted by molar-refractivity contribution is -0.140. The van der Waals surface area contributed by atoms with E-state index in [0.717, 1.165) is 36.6 Å². The number of furan rings is 1. The van der Waals surface area contributed by atoms with Crippen molar-refractivity contribution in [1.82, 2.24) is 9.88 Å². The van der Waals surface area contributed by atoms with E-state index in [1.54, 1.807) is 18.2 Å². The first-order chi connectivity index (χ1) is 19.6. The van der Waals surface area contributed by atoms with E-state index in [1.807, 2.05) is 19.1 Å². The van der Waals surface area contributed by atoms with Crippen LogP contribution in [0.1, 0.15) is 59.2 Å². The number of amides is 1. The van der Waals surface area contributed by atoms with Gasteiger partial charge < -0.3 is 18.5 Å². The lowest BCUT2D eigenvalue weighted by atomic mass is 9.87.